The molecule has 160 valence electrons. The van der Waals surface area contributed by atoms with E-state index in [0.717, 1.165) is 36.2 Å². The summed E-state index contributed by atoms with van der Waals surface area (Å²) in [6, 6.07) is 9.73. The summed E-state index contributed by atoms with van der Waals surface area (Å²) in [4.78, 5) is 25.0. The molecule has 3 aromatic rings. The van der Waals surface area contributed by atoms with Crippen LogP contribution in [0.25, 0.3) is 10.9 Å². The lowest BCUT2D eigenvalue weighted by molar-refractivity contribution is -0.164. The van der Waals surface area contributed by atoms with E-state index in [2.05, 4.69) is 10.4 Å². The van der Waals surface area contributed by atoms with Crippen LogP contribution in [-0.4, -0.2) is 33.6 Å². The molecule has 3 saturated carbocycles. The molecule has 8 heteroatoms. The van der Waals surface area contributed by atoms with Gasteiger partial charge < -0.3 is 10.1 Å². The van der Waals surface area contributed by atoms with Gasteiger partial charge in [-0.15, -0.1) is 0 Å². The van der Waals surface area contributed by atoms with Crippen LogP contribution in [-0.2, 0) is 11.8 Å². The maximum absolute atomic E-state index is 13.4. The van der Waals surface area contributed by atoms with Gasteiger partial charge >= 0.3 is 0 Å². The van der Waals surface area contributed by atoms with Gasteiger partial charge in [0.15, 0.2) is 12.4 Å². The summed E-state index contributed by atoms with van der Waals surface area (Å²) in [5, 5.41) is 8.19. The van der Waals surface area contributed by atoms with E-state index in [1.165, 1.54) is 12.1 Å². The van der Waals surface area contributed by atoms with Gasteiger partial charge in [-0.25, -0.2) is 4.39 Å². The van der Waals surface area contributed by atoms with Crippen molar-refractivity contribution in [2.24, 2.45) is 12.5 Å². The first-order valence-electron chi connectivity index (χ1n) is 10.1. The van der Waals surface area contributed by atoms with Gasteiger partial charge in [0.2, 0.25) is 0 Å². The number of nitrogens with one attached hydrogen (secondary N) is 1. The Morgan fingerprint density at radius 2 is 2.00 bits per heavy atom. The summed E-state index contributed by atoms with van der Waals surface area (Å²) in [7, 11) is 1.87. The normalized spacial score (nSPS) is 23.7. The van der Waals surface area contributed by atoms with Gasteiger partial charge in [-0.1, -0.05) is 11.6 Å². The van der Waals surface area contributed by atoms with Crippen molar-refractivity contribution >= 4 is 34.2 Å². The Morgan fingerprint density at radius 3 is 2.74 bits per heavy atom. The monoisotopic (exact) mass is 441 g/mol. The van der Waals surface area contributed by atoms with E-state index in [1.54, 1.807) is 10.9 Å². The van der Waals surface area contributed by atoms with Crippen molar-refractivity contribution in [3.05, 3.63) is 59.0 Å². The molecule has 6 rings (SSSR count). The maximum Gasteiger partial charge on any atom is 0.258 e. The lowest BCUT2D eigenvalue weighted by atomic mass is 9.38. The van der Waals surface area contributed by atoms with E-state index in [-0.39, 0.29) is 40.0 Å². The molecule has 2 bridgehead atoms. The Balaban J connectivity index is 1.12. The van der Waals surface area contributed by atoms with Crippen molar-refractivity contribution in [3.8, 4) is 5.75 Å². The molecule has 0 atom stereocenters. The van der Waals surface area contributed by atoms with Crippen LogP contribution in [0.2, 0.25) is 5.02 Å². The number of amides is 1. The fourth-order valence-corrected chi connectivity index (χ4v) is 5.26. The number of nitrogens with zero attached hydrogens (tertiary/aromatic N) is 2. The minimum atomic E-state index is -0.590. The van der Waals surface area contributed by atoms with Gasteiger partial charge in [-0.2, -0.15) is 5.10 Å². The van der Waals surface area contributed by atoms with E-state index in [0.29, 0.717) is 12.0 Å². The number of rotatable bonds is 7. The van der Waals surface area contributed by atoms with E-state index in [9.17, 15) is 14.0 Å². The molecule has 1 aromatic heterocycles. The molecule has 0 aliphatic heterocycles. The van der Waals surface area contributed by atoms with Crippen LogP contribution >= 0.6 is 11.6 Å². The fourth-order valence-electron chi connectivity index (χ4n) is 5.15. The van der Waals surface area contributed by atoms with Gasteiger partial charge in [0.25, 0.3) is 5.91 Å². The fraction of sp³-hybridized carbons (Fsp3) is 0.348. The molecule has 0 radical (unpaired) electrons. The largest absolute Gasteiger partial charge is 0.484 e. The van der Waals surface area contributed by atoms with Crippen LogP contribution in [0.15, 0.2) is 42.6 Å². The van der Waals surface area contributed by atoms with E-state index >= 15 is 0 Å². The second-order valence-electron chi connectivity index (χ2n) is 8.87. The molecule has 2 aromatic carbocycles. The van der Waals surface area contributed by atoms with Crippen LogP contribution in [0.3, 0.4) is 0 Å². The number of halogens is 2. The highest BCUT2D eigenvalue weighted by Gasteiger charge is 2.68. The number of Topliss-reactive ketones (excluding diaryl/α,β-unsaturated/α-hetero) is 1. The highest BCUT2D eigenvalue weighted by Crippen LogP contribution is 2.69. The molecule has 3 aliphatic carbocycles. The third-order valence-corrected chi connectivity index (χ3v) is 6.72. The van der Waals surface area contributed by atoms with Gasteiger partial charge in [-0.3, -0.25) is 14.3 Å². The first kappa shape index (κ1) is 20.0. The van der Waals surface area contributed by atoms with Crippen LogP contribution < -0.4 is 10.1 Å². The van der Waals surface area contributed by atoms with Crippen LogP contribution in [0.1, 0.15) is 36.0 Å². The zero-order valence-electron chi connectivity index (χ0n) is 17.0. The zero-order chi connectivity index (χ0) is 21.8. The van der Waals surface area contributed by atoms with E-state index < -0.39 is 5.82 Å². The zero-order valence-corrected chi connectivity index (χ0v) is 17.7. The Labute approximate surface area is 183 Å². The van der Waals surface area contributed by atoms with Gasteiger partial charge in [0, 0.05) is 36.0 Å². The first-order chi connectivity index (χ1) is 14.8. The first-order valence-corrected chi connectivity index (χ1v) is 10.5. The summed E-state index contributed by atoms with van der Waals surface area (Å²) in [6.07, 6.45) is 4.63. The molecule has 1 amide bonds. The third-order valence-electron chi connectivity index (χ3n) is 6.41. The summed E-state index contributed by atoms with van der Waals surface area (Å²) >= 11 is 5.64. The predicted octanol–water partition coefficient (Wildman–Crippen LogP) is 4.06. The molecule has 0 saturated heterocycles. The van der Waals surface area contributed by atoms with Crippen LogP contribution in [0, 0.1) is 11.2 Å². The lowest BCUT2D eigenvalue weighted by Gasteiger charge is -2.70. The molecule has 3 fully saturated rings. The van der Waals surface area contributed by atoms with Gasteiger partial charge in [0.05, 0.1) is 16.7 Å². The molecule has 3 aliphatic rings. The topological polar surface area (TPSA) is 73.2 Å². The number of benzene rings is 2. The number of ketones is 1. The number of aromatic nitrogens is 2. The van der Waals surface area contributed by atoms with Crippen molar-refractivity contribution in [1.82, 2.24) is 15.1 Å². The quantitative estimate of drug-likeness (QED) is 0.561. The molecule has 31 heavy (non-hydrogen) atoms. The van der Waals surface area contributed by atoms with Gasteiger partial charge in [0.1, 0.15) is 11.6 Å². The summed E-state index contributed by atoms with van der Waals surface area (Å²) in [6.45, 7) is -0.195. The minimum absolute atomic E-state index is 0.00543. The highest BCUT2D eigenvalue weighted by molar-refractivity contribution is 6.30. The Kier molecular flexibility index (Phi) is 4.55. The molecular formula is C23H21ClFN3O3. The molecule has 0 unspecified atom stereocenters. The number of hydrogen-bond acceptors (Lipinski definition) is 4. The number of ether oxygens (including phenoxy) is 1. The summed E-state index contributed by atoms with van der Waals surface area (Å²) in [5.74, 6) is -0.467. The number of carbonyl (C=O) groups is 2. The number of fused-ring (bicyclic) bond motifs is 1. The second-order valence-corrected chi connectivity index (χ2v) is 9.27. The minimum Gasteiger partial charge on any atom is -0.484 e. The van der Waals surface area contributed by atoms with E-state index in [4.69, 9.17) is 16.3 Å². The van der Waals surface area contributed by atoms with Crippen molar-refractivity contribution < 1.29 is 18.7 Å². The van der Waals surface area contributed by atoms with Crippen LogP contribution in [0.4, 0.5) is 4.39 Å². The number of carbonyl (C=O) groups excluding carboxylic acids is 2. The van der Waals surface area contributed by atoms with Crippen molar-refractivity contribution in [3.63, 3.8) is 0 Å². The summed E-state index contributed by atoms with van der Waals surface area (Å²) in [5.41, 5.74) is 1.44. The standard InChI is InChI=1S/C23H21ClFN3O3/c1-28-19-5-2-14(6-15(19)9-26-28)20(29)8-22-11-23(12-22,13-22)27-21(30)10-31-16-3-4-17(24)18(25)7-16/h2-7,9H,8,10-13H2,1H3,(H,27,30). The molecular weight excluding hydrogens is 421 g/mol. The summed E-state index contributed by atoms with van der Waals surface area (Å²) < 4.78 is 20.6. The van der Waals surface area contributed by atoms with Crippen LogP contribution in [0.5, 0.6) is 5.75 Å². The van der Waals surface area contributed by atoms with Crippen molar-refractivity contribution in [1.29, 1.82) is 0 Å². The Bertz CT molecular complexity index is 1200. The SMILES string of the molecule is Cn1ncc2cc(C(=O)CC34CC(NC(=O)COc5ccc(Cl)c(F)c5)(C3)C4)ccc21. The van der Waals surface area contributed by atoms with Crippen molar-refractivity contribution in [2.45, 2.75) is 31.2 Å². The van der Waals surface area contributed by atoms with E-state index in [1.807, 2.05) is 25.2 Å². The predicted molar refractivity (Wildman–Crippen MR) is 114 cm³/mol. The molecule has 1 heterocycles. The molecule has 0 spiro atoms. The number of aryl methyl sites for hydroxylation is 1. The average molecular weight is 442 g/mol. The highest BCUT2D eigenvalue weighted by atomic mass is 35.5. The smallest absolute Gasteiger partial charge is 0.258 e. The number of hydrogen-bond donors (Lipinski definition) is 1. The lowest BCUT2D eigenvalue weighted by Crippen LogP contribution is -2.75. The maximum atomic E-state index is 13.4. The second kappa shape index (κ2) is 7.05. The molecule has 1 N–H and O–H groups in total. The Hall–Kier alpha value is -2.93. The Morgan fingerprint density at radius 1 is 1.23 bits per heavy atom. The molecule has 6 nitrogen and oxygen atoms in total. The third kappa shape index (κ3) is 3.57. The average Bonchev–Trinajstić information content (AvgIpc) is 3.06. The van der Waals surface area contributed by atoms with Gasteiger partial charge in [-0.05, 0) is 55.0 Å². The van der Waals surface area contributed by atoms with Crippen molar-refractivity contribution in [2.75, 3.05) is 6.61 Å².